The Hall–Kier alpha value is -1.34. The summed E-state index contributed by atoms with van der Waals surface area (Å²) in [5.74, 6) is -0.0503. The number of hydrogen-bond donors (Lipinski definition) is 0. The van der Waals surface area contributed by atoms with Gasteiger partial charge < -0.3 is 4.74 Å². The van der Waals surface area contributed by atoms with Gasteiger partial charge in [-0.1, -0.05) is 13.8 Å². The molecule has 0 N–H and O–H groups in total. The van der Waals surface area contributed by atoms with Crippen LogP contribution in [0.25, 0.3) is 0 Å². The van der Waals surface area contributed by atoms with Crippen LogP contribution in [0.4, 0.5) is 5.69 Å². The van der Waals surface area contributed by atoms with Crippen LogP contribution in [-0.2, 0) is 9.05 Å². The zero-order chi connectivity index (χ0) is 16.2. The number of rotatable bonds is 7. The third-order valence-corrected chi connectivity index (χ3v) is 4.40. The van der Waals surface area contributed by atoms with Gasteiger partial charge in [0.15, 0.2) is 0 Å². The van der Waals surface area contributed by atoms with Crippen LogP contribution in [0.5, 0.6) is 5.75 Å². The van der Waals surface area contributed by atoms with Crippen LogP contribution in [0.1, 0.15) is 19.4 Å². The largest absolute Gasteiger partial charge is 0.493 e. The van der Waals surface area contributed by atoms with Crippen molar-refractivity contribution in [3.8, 4) is 5.75 Å². The monoisotopic (exact) mass is 335 g/mol. The van der Waals surface area contributed by atoms with Crippen molar-refractivity contribution in [1.29, 1.82) is 0 Å². The molecule has 0 spiro atoms. The minimum atomic E-state index is -3.62. The van der Waals surface area contributed by atoms with Crippen molar-refractivity contribution in [1.82, 2.24) is 0 Å². The van der Waals surface area contributed by atoms with Gasteiger partial charge in [0.1, 0.15) is 5.75 Å². The van der Waals surface area contributed by atoms with Gasteiger partial charge in [-0.05, 0) is 24.5 Å². The third-order valence-electron chi connectivity index (χ3n) is 3.19. The smallest absolute Gasteiger partial charge is 0.273 e. The first-order valence-electron chi connectivity index (χ1n) is 6.40. The number of aryl methyl sites for hydroxylation is 1. The number of hydrogen-bond acceptors (Lipinski definition) is 5. The number of non-ortho nitro benzene ring substituents is 1. The molecule has 0 amide bonds. The van der Waals surface area contributed by atoms with Gasteiger partial charge in [-0.25, -0.2) is 8.42 Å². The summed E-state index contributed by atoms with van der Waals surface area (Å²) in [4.78, 5) is 10.2. The fraction of sp³-hybridized carbons (Fsp3) is 0.538. The van der Waals surface area contributed by atoms with Gasteiger partial charge in [0.2, 0.25) is 9.05 Å². The lowest BCUT2D eigenvalue weighted by Gasteiger charge is -2.20. The zero-order valence-electron chi connectivity index (χ0n) is 12.1. The van der Waals surface area contributed by atoms with E-state index in [4.69, 9.17) is 15.4 Å². The molecule has 0 bridgehead atoms. The molecule has 1 atom stereocenters. The second-order valence-corrected chi connectivity index (χ2v) is 8.05. The van der Waals surface area contributed by atoms with Crippen molar-refractivity contribution < 1.29 is 18.1 Å². The standard InChI is InChI=1S/C13H18ClNO5S/c1-9(2)11(8-21(14,18)19)7-20-13-6-12(15(16)17)5-4-10(13)3/h4-6,9,11H,7-8H2,1-3H3. The van der Waals surface area contributed by atoms with Crippen molar-refractivity contribution in [2.45, 2.75) is 20.8 Å². The lowest BCUT2D eigenvalue weighted by molar-refractivity contribution is -0.385. The number of nitro benzene ring substituents is 1. The minimum Gasteiger partial charge on any atom is -0.493 e. The number of nitrogens with zero attached hydrogens (tertiary/aromatic N) is 1. The Labute approximate surface area is 128 Å². The molecule has 118 valence electrons. The van der Waals surface area contributed by atoms with E-state index in [1.54, 1.807) is 13.0 Å². The highest BCUT2D eigenvalue weighted by Gasteiger charge is 2.22. The number of halogens is 1. The number of benzene rings is 1. The molecule has 1 aromatic rings. The average molecular weight is 336 g/mol. The Morgan fingerprint density at radius 1 is 1.38 bits per heavy atom. The first kappa shape index (κ1) is 17.7. The van der Waals surface area contributed by atoms with E-state index in [1.807, 2.05) is 13.8 Å². The normalized spacial score (nSPS) is 13.2. The quantitative estimate of drug-likeness (QED) is 0.434. The Balaban J connectivity index is 2.85. The molecule has 0 saturated carbocycles. The van der Waals surface area contributed by atoms with E-state index in [-0.39, 0.29) is 29.9 Å². The average Bonchev–Trinajstić information content (AvgIpc) is 2.34. The van der Waals surface area contributed by atoms with Crippen LogP contribution in [-0.4, -0.2) is 25.7 Å². The van der Waals surface area contributed by atoms with E-state index in [2.05, 4.69) is 0 Å². The fourth-order valence-corrected chi connectivity index (χ4v) is 3.22. The highest BCUT2D eigenvalue weighted by Crippen LogP contribution is 2.25. The second-order valence-electron chi connectivity index (χ2n) is 5.23. The molecule has 0 radical (unpaired) electrons. The third kappa shape index (κ3) is 5.89. The van der Waals surface area contributed by atoms with E-state index in [9.17, 15) is 18.5 Å². The van der Waals surface area contributed by atoms with E-state index >= 15 is 0 Å². The van der Waals surface area contributed by atoms with Gasteiger partial charge in [-0.3, -0.25) is 10.1 Å². The maximum atomic E-state index is 11.2. The molecule has 0 fully saturated rings. The van der Waals surface area contributed by atoms with E-state index < -0.39 is 14.0 Å². The van der Waals surface area contributed by atoms with Crippen molar-refractivity contribution in [3.05, 3.63) is 33.9 Å². The molecule has 0 aromatic heterocycles. The molecule has 0 saturated heterocycles. The maximum Gasteiger partial charge on any atom is 0.273 e. The van der Waals surface area contributed by atoms with Crippen LogP contribution in [0.3, 0.4) is 0 Å². The van der Waals surface area contributed by atoms with Gasteiger partial charge in [0.25, 0.3) is 5.69 Å². The Kier molecular flexibility index (Phi) is 5.98. The molecule has 21 heavy (non-hydrogen) atoms. The summed E-state index contributed by atoms with van der Waals surface area (Å²) in [5.41, 5.74) is 0.679. The van der Waals surface area contributed by atoms with Gasteiger partial charge >= 0.3 is 0 Å². The lowest BCUT2D eigenvalue weighted by atomic mass is 9.99. The van der Waals surface area contributed by atoms with Crippen LogP contribution in [0.2, 0.25) is 0 Å². The van der Waals surface area contributed by atoms with Crippen LogP contribution in [0, 0.1) is 28.9 Å². The molecule has 0 aliphatic carbocycles. The Morgan fingerprint density at radius 2 is 2.00 bits per heavy atom. The number of ether oxygens (including phenoxy) is 1. The molecule has 0 aliphatic rings. The molecular weight excluding hydrogens is 318 g/mol. The molecule has 0 aliphatic heterocycles. The van der Waals surface area contributed by atoms with E-state index in [1.165, 1.54) is 12.1 Å². The topological polar surface area (TPSA) is 86.5 Å². The summed E-state index contributed by atoms with van der Waals surface area (Å²) >= 11 is 0. The summed E-state index contributed by atoms with van der Waals surface area (Å²) in [6.07, 6.45) is 0. The van der Waals surface area contributed by atoms with Crippen LogP contribution < -0.4 is 4.74 Å². The summed E-state index contributed by atoms with van der Waals surface area (Å²) in [6.45, 7) is 5.64. The van der Waals surface area contributed by atoms with Crippen LogP contribution >= 0.6 is 10.7 Å². The summed E-state index contributed by atoms with van der Waals surface area (Å²) < 4.78 is 27.9. The van der Waals surface area contributed by atoms with E-state index in [0.717, 1.165) is 5.56 Å². The Morgan fingerprint density at radius 3 is 2.48 bits per heavy atom. The van der Waals surface area contributed by atoms with Crippen LogP contribution in [0.15, 0.2) is 18.2 Å². The number of nitro groups is 1. The van der Waals surface area contributed by atoms with Crippen molar-refractivity contribution in [2.75, 3.05) is 12.4 Å². The first-order valence-corrected chi connectivity index (χ1v) is 8.88. The molecule has 6 nitrogen and oxygen atoms in total. The predicted octanol–water partition coefficient (Wildman–Crippen LogP) is 3.12. The highest BCUT2D eigenvalue weighted by atomic mass is 35.7. The molecule has 1 aromatic carbocycles. The summed E-state index contributed by atoms with van der Waals surface area (Å²) in [6, 6.07) is 4.32. The zero-order valence-corrected chi connectivity index (χ0v) is 13.6. The molecule has 1 unspecified atom stereocenters. The van der Waals surface area contributed by atoms with Gasteiger partial charge in [0.05, 0.1) is 23.3 Å². The lowest BCUT2D eigenvalue weighted by Crippen LogP contribution is -2.24. The van der Waals surface area contributed by atoms with Crippen molar-refractivity contribution >= 4 is 25.4 Å². The second kappa shape index (κ2) is 7.09. The van der Waals surface area contributed by atoms with Gasteiger partial charge in [-0.2, -0.15) is 0 Å². The minimum absolute atomic E-state index is 0.0533. The van der Waals surface area contributed by atoms with E-state index in [0.29, 0.717) is 5.75 Å². The molecule has 1 rings (SSSR count). The van der Waals surface area contributed by atoms with Crippen molar-refractivity contribution in [3.63, 3.8) is 0 Å². The predicted molar refractivity (Wildman–Crippen MR) is 81.3 cm³/mol. The maximum absolute atomic E-state index is 11.2. The SMILES string of the molecule is Cc1ccc([N+](=O)[O-])cc1OCC(CS(=O)(=O)Cl)C(C)C. The fourth-order valence-electron chi connectivity index (χ4n) is 1.74. The first-order chi connectivity index (χ1) is 9.60. The molecular formula is C13H18ClNO5S. The Bertz CT molecular complexity index is 615. The highest BCUT2D eigenvalue weighted by molar-refractivity contribution is 8.13. The molecule has 0 heterocycles. The summed E-state index contributed by atoms with van der Waals surface area (Å²) in [5, 5.41) is 10.8. The van der Waals surface area contributed by atoms with Crippen molar-refractivity contribution in [2.24, 2.45) is 11.8 Å². The van der Waals surface area contributed by atoms with Gasteiger partial charge in [0, 0.05) is 22.7 Å². The summed E-state index contributed by atoms with van der Waals surface area (Å²) in [7, 11) is 1.66. The van der Waals surface area contributed by atoms with Gasteiger partial charge in [-0.15, -0.1) is 0 Å². The molecule has 8 heteroatoms.